The molecule has 2 aliphatic heterocycles. The van der Waals surface area contributed by atoms with Gasteiger partial charge in [0.15, 0.2) is 0 Å². The molecule has 2 aliphatic rings. The zero-order valence-corrected chi connectivity index (χ0v) is 38.2. The largest absolute Gasteiger partial charge is 0.481 e. The number of carboxylic acids is 1. The summed E-state index contributed by atoms with van der Waals surface area (Å²) >= 11 is 1.28. The predicted octanol–water partition coefficient (Wildman–Crippen LogP) is 5.55. The number of hydrogen-bond acceptors (Lipinski definition) is 10. The van der Waals surface area contributed by atoms with Gasteiger partial charge in [0, 0.05) is 69.7 Å². The Hall–Kier alpha value is -4.96. The van der Waals surface area contributed by atoms with Gasteiger partial charge in [-0.1, -0.05) is 77.8 Å². The van der Waals surface area contributed by atoms with Crippen molar-refractivity contribution in [3.8, 4) is 0 Å². The molecule has 0 bridgehead atoms. The monoisotopic (exact) mass is 878 g/mol. The zero-order valence-electron chi connectivity index (χ0n) is 37.3. The molecule has 1 aromatic carbocycles. The van der Waals surface area contributed by atoms with Crippen LogP contribution in [0.1, 0.15) is 126 Å². The fraction of sp³-hybridized carbons (Fsp3) is 0.609. The number of unbranched alkanes of at least 4 members (excludes halogenated alkanes) is 2. The highest BCUT2D eigenvalue weighted by atomic mass is 32.1. The minimum absolute atomic E-state index is 0.0213. The molecule has 340 valence electrons. The second kappa shape index (κ2) is 24.0. The molecule has 0 radical (unpaired) electrons. The van der Waals surface area contributed by atoms with E-state index in [1.165, 1.54) is 28.4 Å². The number of hydrogen-bond donors (Lipinski definition) is 3. The lowest BCUT2D eigenvalue weighted by atomic mass is 9.92. The third-order valence-electron chi connectivity index (χ3n) is 12.2. The minimum atomic E-state index is -0.938. The van der Waals surface area contributed by atoms with Gasteiger partial charge in [0.2, 0.25) is 17.7 Å². The van der Waals surface area contributed by atoms with E-state index in [9.17, 15) is 38.7 Å². The molecule has 2 aromatic rings. The Labute approximate surface area is 370 Å². The Morgan fingerprint density at radius 1 is 0.968 bits per heavy atom. The van der Waals surface area contributed by atoms with Crippen LogP contribution in [0.3, 0.4) is 0 Å². The number of thiazole rings is 1. The molecule has 4 rings (SSSR count). The second-order valence-corrected chi connectivity index (χ2v) is 18.0. The molecule has 16 heteroatoms. The molecule has 1 saturated heterocycles. The lowest BCUT2D eigenvalue weighted by Crippen LogP contribution is -2.59. The van der Waals surface area contributed by atoms with E-state index in [0.717, 1.165) is 18.4 Å². The van der Waals surface area contributed by atoms with Crippen LogP contribution in [0.5, 0.6) is 0 Å². The van der Waals surface area contributed by atoms with Crippen molar-refractivity contribution in [3.63, 3.8) is 0 Å². The van der Waals surface area contributed by atoms with E-state index in [2.05, 4.69) is 15.6 Å². The molecule has 0 saturated carbocycles. The number of nitrogens with one attached hydrogen (secondary N) is 2. The summed E-state index contributed by atoms with van der Waals surface area (Å²) in [4.78, 5) is 100.0. The van der Waals surface area contributed by atoms with Gasteiger partial charge in [-0.25, -0.2) is 4.98 Å². The molecule has 3 N–H and O–H groups in total. The SMILES string of the molecule is CC[C@H](C)[C@H](NC(=O)[C@H]1CCCCN1C(=O)CCCCCN1C(=O)C=CC1=O)C(=O)N(C)[C@H](C[C@@H](OC)c1nc(C(=O)N[C@@H](Cc2ccccc2)C[C@H](C)C(=O)O)cs1)C(C)C. The van der Waals surface area contributed by atoms with Gasteiger partial charge in [-0.2, -0.15) is 0 Å². The van der Waals surface area contributed by atoms with Gasteiger partial charge in [0.25, 0.3) is 17.7 Å². The summed E-state index contributed by atoms with van der Waals surface area (Å²) < 4.78 is 5.93. The molecular formula is C46H66N6O9S. The Balaban J connectivity index is 1.40. The highest BCUT2D eigenvalue weighted by Gasteiger charge is 2.38. The average molecular weight is 879 g/mol. The summed E-state index contributed by atoms with van der Waals surface area (Å²) in [6.07, 6.45) is 7.74. The minimum Gasteiger partial charge on any atom is -0.481 e. The van der Waals surface area contributed by atoms with E-state index >= 15 is 0 Å². The highest BCUT2D eigenvalue weighted by molar-refractivity contribution is 7.09. The topological polar surface area (TPSA) is 196 Å². The molecular weight excluding hydrogens is 813 g/mol. The first-order chi connectivity index (χ1) is 29.6. The van der Waals surface area contributed by atoms with Crippen molar-refractivity contribution in [2.24, 2.45) is 17.8 Å². The Bertz CT molecular complexity index is 1870. The summed E-state index contributed by atoms with van der Waals surface area (Å²) in [7, 11) is 3.29. The molecule has 0 spiro atoms. The first kappa shape index (κ1) is 49.7. The van der Waals surface area contributed by atoms with Crippen molar-refractivity contribution in [2.45, 2.75) is 136 Å². The number of likely N-dealkylation sites (tertiary alicyclic amines) is 1. The van der Waals surface area contributed by atoms with Crippen LogP contribution < -0.4 is 10.6 Å². The number of ether oxygens (including phenoxy) is 1. The summed E-state index contributed by atoms with van der Waals surface area (Å²) in [6.45, 7) is 10.3. The number of aromatic nitrogens is 1. The van der Waals surface area contributed by atoms with Crippen LogP contribution in [0, 0.1) is 17.8 Å². The van der Waals surface area contributed by atoms with E-state index in [0.29, 0.717) is 63.0 Å². The van der Waals surface area contributed by atoms with Gasteiger partial charge in [-0.15, -0.1) is 11.3 Å². The number of likely N-dealkylation sites (N-methyl/N-ethyl adjacent to an activating group) is 1. The van der Waals surface area contributed by atoms with Crippen molar-refractivity contribution in [2.75, 3.05) is 27.2 Å². The lowest BCUT2D eigenvalue weighted by Gasteiger charge is -2.39. The molecule has 1 aromatic heterocycles. The van der Waals surface area contributed by atoms with E-state index in [1.54, 1.807) is 36.3 Å². The standard InChI is InChI=1S/C46H66N6O9S/c1-8-30(4)41(49-43(57)35-19-14-16-23-51(35)38(53)20-13-10-15-24-52-39(54)21-22-40(52)55)45(58)50(6)36(29(2)3)27-37(61-7)44-48-34(28-62-44)42(56)47-33(25-31(5)46(59)60)26-32-17-11-9-12-18-32/h9,11-12,17-18,21-22,28-31,33,35-37,41H,8,10,13-16,19-20,23-27H2,1-7H3,(H,47,56)(H,49,57)(H,59,60)/t30-,31-,33+,35+,36+,37+,41-/m0/s1. The quantitative estimate of drug-likeness (QED) is 0.0889. The maximum absolute atomic E-state index is 14.5. The summed E-state index contributed by atoms with van der Waals surface area (Å²) in [5, 5.41) is 17.9. The summed E-state index contributed by atoms with van der Waals surface area (Å²) in [5.41, 5.74) is 1.17. The maximum Gasteiger partial charge on any atom is 0.306 e. The van der Waals surface area contributed by atoms with Crippen molar-refractivity contribution in [1.82, 2.24) is 30.3 Å². The van der Waals surface area contributed by atoms with Gasteiger partial charge in [0.05, 0.1) is 5.92 Å². The van der Waals surface area contributed by atoms with Crippen LogP contribution in [-0.2, 0) is 39.9 Å². The summed E-state index contributed by atoms with van der Waals surface area (Å²) in [6, 6.07) is 7.26. The molecule has 7 atom stereocenters. The number of imide groups is 1. The van der Waals surface area contributed by atoms with Crippen LogP contribution in [0.15, 0.2) is 47.9 Å². The van der Waals surface area contributed by atoms with E-state index < -0.39 is 42.0 Å². The van der Waals surface area contributed by atoms with Gasteiger partial charge >= 0.3 is 5.97 Å². The van der Waals surface area contributed by atoms with Crippen molar-refractivity contribution in [3.05, 3.63) is 64.1 Å². The first-order valence-corrected chi connectivity index (χ1v) is 22.9. The second-order valence-electron chi connectivity index (χ2n) is 17.1. The third-order valence-corrected chi connectivity index (χ3v) is 13.1. The zero-order chi connectivity index (χ0) is 45.5. The molecule has 6 amide bonds. The number of piperidine rings is 1. The van der Waals surface area contributed by atoms with Crippen LogP contribution in [0.25, 0.3) is 0 Å². The summed E-state index contributed by atoms with van der Waals surface area (Å²) in [5.74, 6) is -3.62. The van der Waals surface area contributed by atoms with Gasteiger partial charge < -0.3 is 30.3 Å². The van der Waals surface area contributed by atoms with Gasteiger partial charge in [-0.05, 0) is 62.3 Å². The smallest absolute Gasteiger partial charge is 0.306 e. The Kier molecular flexibility index (Phi) is 19.3. The van der Waals surface area contributed by atoms with Crippen LogP contribution in [0.4, 0.5) is 0 Å². The van der Waals surface area contributed by atoms with E-state index in [1.807, 2.05) is 58.0 Å². The van der Waals surface area contributed by atoms with Crippen LogP contribution in [0.2, 0.25) is 0 Å². The fourth-order valence-corrected chi connectivity index (χ4v) is 9.04. The number of carbonyl (C=O) groups is 7. The van der Waals surface area contributed by atoms with E-state index in [-0.39, 0.29) is 65.9 Å². The van der Waals surface area contributed by atoms with Crippen LogP contribution >= 0.6 is 11.3 Å². The number of aliphatic carboxylic acids is 1. The van der Waals surface area contributed by atoms with Gasteiger partial charge in [-0.3, -0.25) is 38.5 Å². The van der Waals surface area contributed by atoms with Crippen molar-refractivity contribution < 1.29 is 43.4 Å². The van der Waals surface area contributed by atoms with Crippen LogP contribution in [-0.4, -0.2) is 118 Å². The molecule has 0 unspecified atom stereocenters. The number of methoxy groups -OCH3 is 1. The van der Waals surface area contributed by atoms with E-state index in [4.69, 9.17) is 4.74 Å². The number of benzene rings is 1. The normalized spacial score (nSPS) is 18.2. The highest BCUT2D eigenvalue weighted by Crippen LogP contribution is 2.31. The fourth-order valence-electron chi connectivity index (χ4n) is 8.15. The lowest BCUT2D eigenvalue weighted by molar-refractivity contribution is -0.145. The number of rotatable bonds is 24. The molecule has 0 aliphatic carbocycles. The average Bonchev–Trinajstić information content (AvgIpc) is 3.88. The Morgan fingerprint density at radius 3 is 2.29 bits per heavy atom. The number of carboxylic acid groups (broad SMARTS) is 1. The third kappa shape index (κ3) is 13.8. The molecule has 15 nitrogen and oxygen atoms in total. The molecule has 62 heavy (non-hydrogen) atoms. The number of carbonyl (C=O) groups excluding carboxylic acids is 6. The molecule has 3 heterocycles. The van der Waals surface area contributed by atoms with Crippen molar-refractivity contribution in [1.29, 1.82) is 0 Å². The number of amides is 6. The maximum atomic E-state index is 14.5. The Morgan fingerprint density at radius 2 is 1.66 bits per heavy atom. The first-order valence-electron chi connectivity index (χ1n) is 22.0. The number of nitrogens with zero attached hydrogens (tertiary/aromatic N) is 4. The van der Waals surface area contributed by atoms with Crippen molar-refractivity contribution >= 4 is 52.7 Å². The molecule has 1 fully saturated rings. The van der Waals surface area contributed by atoms with Gasteiger partial charge in [0.1, 0.15) is 28.9 Å². The predicted molar refractivity (Wildman–Crippen MR) is 236 cm³/mol.